The van der Waals surface area contributed by atoms with Crippen molar-refractivity contribution in [2.45, 2.75) is 6.42 Å². The lowest BCUT2D eigenvalue weighted by atomic mass is 10.1. The van der Waals surface area contributed by atoms with Crippen molar-refractivity contribution in [3.05, 3.63) is 27.0 Å². The molecule has 0 aromatic carbocycles. The molecule has 1 saturated heterocycles. The van der Waals surface area contributed by atoms with E-state index in [9.17, 15) is 13.2 Å². The predicted molar refractivity (Wildman–Crippen MR) is 92.2 cm³/mol. The maximum atomic E-state index is 12.1. The molecule has 118 valence electrons. The second-order valence-electron chi connectivity index (χ2n) is 5.15. The molecule has 1 unspecified atom stereocenters. The van der Waals surface area contributed by atoms with Crippen molar-refractivity contribution in [3.8, 4) is 9.88 Å². The number of carbonyl (C=O) groups excluding carboxylic acids is 1. The van der Waals surface area contributed by atoms with Crippen molar-refractivity contribution in [2.24, 2.45) is 5.92 Å². The van der Waals surface area contributed by atoms with E-state index >= 15 is 0 Å². The van der Waals surface area contributed by atoms with Crippen LogP contribution in [0.2, 0.25) is 0 Å². The summed E-state index contributed by atoms with van der Waals surface area (Å²) in [6, 6.07) is 1.97. The first-order chi connectivity index (χ1) is 10.4. The van der Waals surface area contributed by atoms with Crippen molar-refractivity contribution in [1.29, 1.82) is 0 Å². The van der Waals surface area contributed by atoms with E-state index in [1.54, 1.807) is 16.7 Å². The highest BCUT2D eigenvalue weighted by Crippen LogP contribution is 2.32. The molecule has 2 aromatic heterocycles. The number of nitrogens with one attached hydrogen (secondary N) is 1. The Morgan fingerprint density at radius 2 is 2.23 bits per heavy atom. The third-order valence-corrected chi connectivity index (χ3v) is 7.93. The molecule has 0 aliphatic carbocycles. The number of rotatable bonds is 4. The molecule has 5 nitrogen and oxygen atoms in total. The van der Waals surface area contributed by atoms with Crippen LogP contribution in [0, 0.1) is 5.92 Å². The maximum absolute atomic E-state index is 12.1. The van der Waals surface area contributed by atoms with Crippen molar-refractivity contribution < 1.29 is 13.2 Å². The number of nitrogens with zero attached hydrogens (tertiary/aromatic N) is 1. The van der Waals surface area contributed by atoms with Crippen LogP contribution < -0.4 is 5.32 Å². The third kappa shape index (κ3) is 3.76. The number of amides is 1. The van der Waals surface area contributed by atoms with E-state index in [4.69, 9.17) is 0 Å². The molecule has 1 fully saturated rings. The smallest absolute Gasteiger partial charge is 0.270 e. The van der Waals surface area contributed by atoms with Gasteiger partial charge in [0.25, 0.3) is 5.91 Å². The number of carbonyl (C=O) groups is 1. The van der Waals surface area contributed by atoms with Gasteiger partial charge in [0.05, 0.1) is 16.4 Å². The van der Waals surface area contributed by atoms with Gasteiger partial charge in [0, 0.05) is 21.8 Å². The van der Waals surface area contributed by atoms with E-state index < -0.39 is 9.84 Å². The van der Waals surface area contributed by atoms with Gasteiger partial charge >= 0.3 is 0 Å². The number of hydrogen-bond acceptors (Lipinski definition) is 6. The van der Waals surface area contributed by atoms with Gasteiger partial charge in [-0.05, 0) is 34.3 Å². The summed E-state index contributed by atoms with van der Waals surface area (Å²) in [5.41, 5.74) is 0.380. The molecule has 0 radical (unpaired) electrons. The summed E-state index contributed by atoms with van der Waals surface area (Å²) in [4.78, 5) is 17.4. The van der Waals surface area contributed by atoms with Crippen LogP contribution in [0.1, 0.15) is 16.9 Å². The van der Waals surface area contributed by atoms with Crippen LogP contribution in [-0.2, 0) is 9.84 Å². The van der Waals surface area contributed by atoms with Crippen molar-refractivity contribution in [3.63, 3.8) is 0 Å². The molecule has 0 bridgehead atoms. The summed E-state index contributed by atoms with van der Waals surface area (Å²) < 4.78 is 23.8. The fourth-order valence-corrected chi connectivity index (χ4v) is 6.45. The molecule has 0 saturated carbocycles. The number of thiophene rings is 1. The lowest BCUT2D eigenvalue weighted by Gasteiger charge is -2.08. The van der Waals surface area contributed by atoms with Crippen molar-refractivity contribution in [1.82, 2.24) is 10.3 Å². The summed E-state index contributed by atoms with van der Waals surface area (Å²) >= 11 is 6.38. The Morgan fingerprint density at radius 3 is 2.86 bits per heavy atom. The predicted octanol–water partition coefficient (Wildman–Crippen LogP) is 2.80. The fourth-order valence-electron chi connectivity index (χ4n) is 2.28. The highest BCUT2D eigenvalue weighted by molar-refractivity contribution is 9.10. The lowest BCUT2D eigenvalue weighted by Crippen LogP contribution is -2.30. The number of sulfone groups is 1. The van der Waals surface area contributed by atoms with Gasteiger partial charge in [0.2, 0.25) is 0 Å². The van der Waals surface area contributed by atoms with E-state index in [0.29, 0.717) is 18.7 Å². The van der Waals surface area contributed by atoms with Gasteiger partial charge in [-0.2, -0.15) is 0 Å². The number of aromatic nitrogens is 1. The van der Waals surface area contributed by atoms with Gasteiger partial charge in [0.1, 0.15) is 10.7 Å². The molecule has 3 heterocycles. The van der Waals surface area contributed by atoms with Crippen LogP contribution in [0.3, 0.4) is 0 Å². The summed E-state index contributed by atoms with van der Waals surface area (Å²) in [7, 11) is -2.91. The molecule has 1 amide bonds. The first-order valence-electron chi connectivity index (χ1n) is 6.61. The Kier molecular flexibility index (Phi) is 4.67. The van der Waals surface area contributed by atoms with Crippen LogP contribution >= 0.6 is 38.6 Å². The highest BCUT2D eigenvalue weighted by Gasteiger charge is 2.28. The average Bonchev–Trinajstić information content (AvgIpc) is 3.15. The first kappa shape index (κ1) is 16.1. The van der Waals surface area contributed by atoms with Crippen LogP contribution in [0.4, 0.5) is 0 Å². The molecule has 22 heavy (non-hydrogen) atoms. The Labute approximate surface area is 144 Å². The Bertz CT molecular complexity index is 797. The van der Waals surface area contributed by atoms with Crippen molar-refractivity contribution >= 4 is 54.3 Å². The second kappa shape index (κ2) is 6.38. The highest BCUT2D eigenvalue weighted by atomic mass is 79.9. The molecule has 1 aliphatic heterocycles. The molecule has 1 N–H and O–H groups in total. The Morgan fingerprint density at radius 1 is 1.41 bits per heavy atom. The molecule has 1 atom stereocenters. The normalized spacial score (nSPS) is 20.1. The zero-order valence-electron chi connectivity index (χ0n) is 11.4. The topological polar surface area (TPSA) is 76.1 Å². The van der Waals surface area contributed by atoms with Crippen LogP contribution in [-0.4, -0.2) is 37.4 Å². The minimum atomic E-state index is -2.91. The average molecular weight is 421 g/mol. The monoisotopic (exact) mass is 420 g/mol. The van der Waals surface area contributed by atoms with E-state index in [1.165, 1.54) is 11.3 Å². The molecule has 1 aliphatic rings. The van der Waals surface area contributed by atoms with E-state index in [1.807, 2.05) is 11.4 Å². The lowest BCUT2D eigenvalue weighted by molar-refractivity contribution is 0.0944. The summed E-state index contributed by atoms with van der Waals surface area (Å²) in [6.45, 7) is 0.384. The second-order valence-corrected chi connectivity index (χ2v) is 10.1. The third-order valence-electron chi connectivity index (χ3n) is 3.39. The SMILES string of the molecule is O=C(NCC1CCS(=O)(=O)C1)c1csc(-c2cc(Br)cs2)n1. The first-order valence-corrected chi connectivity index (χ1v) is 11.0. The maximum Gasteiger partial charge on any atom is 0.270 e. The van der Waals surface area contributed by atoms with Crippen molar-refractivity contribution in [2.75, 3.05) is 18.1 Å². The zero-order valence-corrected chi connectivity index (χ0v) is 15.4. The zero-order chi connectivity index (χ0) is 15.7. The molecular formula is C13H13BrN2O3S3. The molecule has 0 spiro atoms. The van der Waals surface area contributed by atoms with Gasteiger partial charge in [0.15, 0.2) is 9.84 Å². The van der Waals surface area contributed by atoms with Gasteiger partial charge in [-0.15, -0.1) is 22.7 Å². The van der Waals surface area contributed by atoms with E-state index in [2.05, 4.69) is 26.2 Å². The number of hydrogen-bond donors (Lipinski definition) is 1. The van der Waals surface area contributed by atoms with Crippen LogP contribution in [0.25, 0.3) is 9.88 Å². The minimum Gasteiger partial charge on any atom is -0.350 e. The molecular weight excluding hydrogens is 408 g/mol. The number of halogens is 1. The van der Waals surface area contributed by atoms with Gasteiger partial charge in [-0.25, -0.2) is 13.4 Å². The fraction of sp³-hybridized carbons (Fsp3) is 0.385. The van der Waals surface area contributed by atoms with Gasteiger partial charge in [-0.1, -0.05) is 0 Å². The molecule has 2 aromatic rings. The number of thiazole rings is 1. The van der Waals surface area contributed by atoms with Crippen LogP contribution in [0.15, 0.2) is 21.3 Å². The standard InChI is InChI=1S/C13H13BrN2O3S3/c14-9-3-11(20-5-9)13-16-10(6-21-13)12(17)15-4-8-1-2-22(18,19)7-8/h3,5-6,8H,1-2,4,7H2,(H,15,17). The summed E-state index contributed by atoms with van der Waals surface area (Å²) in [6.07, 6.45) is 0.619. The summed E-state index contributed by atoms with van der Waals surface area (Å²) in [5, 5.41) is 7.29. The largest absolute Gasteiger partial charge is 0.350 e. The molecule has 9 heteroatoms. The van der Waals surface area contributed by atoms with E-state index in [-0.39, 0.29) is 23.3 Å². The molecule has 3 rings (SSSR count). The summed E-state index contributed by atoms with van der Waals surface area (Å²) in [5.74, 6) is 0.156. The minimum absolute atomic E-state index is 0.0142. The van der Waals surface area contributed by atoms with Crippen LogP contribution in [0.5, 0.6) is 0 Å². The quantitative estimate of drug-likeness (QED) is 0.824. The van der Waals surface area contributed by atoms with Gasteiger partial charge < -0.3 is 5.32 Å². The van der Waals surface area contributed by atoms with Gasteiger partial charge in [-0.3, -0.25) is 4.79 Å². The Hall–Kier alpha value is -0.770. The Balaban J connectivity index is 1.60. The van der Waals surface area contributed by atoms with E-state index in [0.717, 1.165) is 14.4 Å².